The zero-order valence-corrected chi connectivity index (χ0v) is 13.9. The average Bonchev–Trinajstić information content (AvgIpc) is 3.15. The maximum Gasteiger partial charge on any atom is 0.152 e. The summed E-state index contributed by atoms with van der Waals surface area (Å²) < 4.78 is 0. The average molecular weight is 337 g/mol. The van der Waals surface area contributed by atoms with E-state index in [0.717, 1.165) is 35.5 Å². The van der Waals surface area contributed by atoms with Crippen LogP contribution < -0.4 is 4.90 Å². The first-order valence-electron chi connectivity index (χ1n) is 8.10. The molecule has 1 aliphatic heterocycles. The smallest absolute Gasteiger partial charge is 0.152 e. The molecule has 0 spiro atoms. The number of hydrogen-bond donors (Lipinski definition) is 0. The van der Waals surface area contributed by atoms with Crippen molar-refractivity contribution in [3.8, 4) is 0 Å². The fourth-order valence-corrected chi connectivity index (χ4v) is 3.09. The standard InChI is InChI=1S/C19H17ClN4/c20-15-6-8-17-14(12-15)13-21-18(23-17)9-7-16-4-3-5-19(22-16)24-10-1-2-11-24/h3-9,12-13H,1-2,10-11H2. The Labute approximate surface area is 145 Å². The Kier molecular flexibility index (Phi) is 4.13. The molecule has 0 N–H and O–H groups in total. The van der Waals surface area contributed by atoms with Crippen molar-refractivity contribution in [3.63, 3.8) is 0 Å². The Balaban J connectivity index is 1.58. The van der Waals surface area contributed by atoms with E-state index in [4.69, 9.17) is 16.6 Å². The molecule has 0 aliphatic carbocycles. The Morgan fingerprint density at radius 2 is 1.88 bits per heavy atom. The molecule has 5 heteroatoms. The van der Waals surface area contributed by atoms with Crippen LogP contribution in [0.3, 0.4) is 0 Å². The van der Waals surface area contributed by atoms with Crippen LogP contribution in [0.25, 0.3) is 23.1 Å². The molecule has 0 saturated carbocycles. The summed E-state index contributed by atoms with van der Waals surface area (Å²) in [4.78, 5) is 15.9. The number of benzene rings is 1. The number of fused-ring (bicyclic) bond motifs is 1. The minimum atomic E-state index is 0.665. The van der Waals surface area contributed by atoms with E-state index in [1.54, 1.807) is 6.20 Å². The first-order valence-corrected chi connectivity index (χ1v) is 8.48. The molecule has 0 unspecified atom stereocenters. The molecule has 1 aromatic carbocycles. The molecular formula is C19H17ClN4. The van der Waals surface area contributed by atoms with Crippen LogP contribution in [0.5, 0.6) is 0 Å². The quantitative estimate of drug-likeness (QED) is 0.708. The molecule has 0 bridgehead atoms. The second-order valence-corrected chi connectivity index (χ2v) is 6.32. The number of nitrogens with zero attached hydrogens (tertiary/aromatic N) is 4. The van der Waals surface area contributed by atoms with Crippen molar-refractivity contribution in [1.82, 2.24) is 15.0 Å². The predicted molar refractivity (Wildman–Crippen MR) is 99.2 cm³/mol. The molecule has 4 nitrogen and oxygen atoms in total. The molecule has 0 amide bonds. The largest absolute Gasteiger partial charge is 0.357 e. The van der Waals surface area contributed by atoms with Crippen molar-refractivity contribution in [2.45, 2.75) is 12.8 Å². The third kappa shape index (κ3) is 3.24. The van der Waals surface area contributed by atoms with E-state index in [2.05, 4.69) is 20.9 Å². The van der Waals surface area contributed by atoms with Crippen LogP contribution in [-0.4, -0.2) is 28.0 Å². The van der Waals surface area contributed by atoms with E-state index >= 15 is 0 Å². The van der Waals surface area contributed by atoms with Crippen molar-refractivity contribution in [3.05, 3.63) is 59.1 Å². The molecule has 4 rings (SSSR count). The lowest BCUT2D eigenvalue weighted by Gasteiger charge is -2.16. The van der Waals surface area contributed by atoms with E-state index in [0.29, 0.717) is 10.8 Å². The van der Waals surface area contributed by atoms with E-state index in [-0.39, 0.29) is 0 Å². The molecule has 1 aliphatic rings. The lowest BCUT2D eigenvalue weighted by atomic mass is 10.2. The summed E-state index contributed by atoms with van der Waals surface area (Å²) >= 11 is 5.99. The molecular weight excluding hydrogens is 320 g/mol. The van der Waals surface area contributed by atoms with Gasteiger partial charge in [0.1, 0.15) is 5.82 Å². The minimum absolute atomic E-state index is 0.665. The van der Waals surface area contributed by atoms with E-state index in [9.17, 15) is 0 Å². The van der Waals surface area contributed by atoms with Crippen molar-refractivity contribution < 1.29 is 0 Å². The fourth-order valence-electron chi connectivity index (χ4n) is 2.91. The molecule has 1 fully saturated rings. The van der Waals surface area contributed by atoms with Gasteiger partial charge in [0.15, 0.2) is 5.82 Å². The number of halogens is 1. The lowest BCUT2D eigenvalue weighted by Crippen LogP contribution is -2.18. The van der Waals surface area contributed by atoms with Crippen LogP contribution in [0.1, 0.15) is 24.4 Å². The SMILES string of the molecule is Clc1ccc2nc(C=Cc3cccc(N4CCCC4)n3)ncc2c1. The van der Waals surface area contributed by atoms with Crippen molar-refractivity contribution >= 4 is 40.5 Å². The topological polar surface area (TPSA) is 41.9 Å². The Morgan fingerprint density at radius 1 is 1.00 bits per heavy atom. The van der Waals surface area contributed by atoms with Crippen molar-refractivity contribution in [2.75, 3.05) is 18.0 Å². The second-order valence-electron chi connectivity index (χ2n) is 5.88. The highest BCUT2D eigenvalue weighted by molar-refractivity contribution is 6.31. The molecule has 2 aromatic heterocycles. The predicted octanol–water partition coefficient (Wildman–Crippen LogP) is 4.45. The summed E-state index contributed by atoms with van der Waals surface area (Å²) in [7, 11) is 0. The van der Waals surface area contributed by atoms with Gasteiger partial charge in [-0.2, -0.15) is 0 Å². The number of rotatable bonds is 3. The number of aromatic nitrogens is 3. The van der Waals surface area contributed by atoms with E-state index in [1.807, 2.05) is 42.5 Å². The van der Waals surface area contributed by atoms with Crippen LogP contribution in [0.15, 0.2) is 42.6 Å². The third-order valence-electron chi connectivity index (χ3n) is 4.15. The van der Waals surface area contributed by atoms with Gasteiger partial charge in [0.2, 0.25) is 0 Å². The Hall–Kier alpha value is -2.46. The van der Waals surface area contributed by atoms with E-state index < -0.39 is 0 Å². The molecule has 3 heterocycles. The van der Waals surface area contributed by atoms with Crippen molar-refractivity contribution in [1.29, 1.82) is 0 Å². The highest BCUT2D eigenvalue weighted by Crippen LogP contribution is 2.19. The zero-order chi connectivity index (χ0) is 16.4. The van der Waals surface area contributed by atoms with Gasteiger partial charge in [-0.05, 0) is 55.3 Å². The van der Waals surface area contributed by atoms with Gasteiger partial charge in [-0.15, -0.1) is 0 Å². The summed E-state index contributed by atoms with van der Waals surface area (Å²) in [5, 5.41) is 1.63. The second kappa shape index (κ2) is 6.57. The fraction of sp³-hybridized carbons (Fsp3) is 0.211. The Morgan fingerprint density at radius 3 is 2.75 bits per heavy atom. The van der Waals surface area contributed by atoms with Crippen LogP contribution in [0.4, 0.5) is 5.82 Å². The number of hydrogen-bond acceptors (Lipinski definition) is 4. The van der Waals surface area contributed by atoms with Crippen LogP contribution in [-0.2, 0) is 0 Å². The Bertz CT molecular complexity index is 901. The van der Waals surface area contributed by atoms with Crippen LogP contribution in [0, 0.1) is 0 Å². The molecule has 0 radical (unpaired) electrons. The van der Waals surface area contributed by atoms with Crippen LogP contribution in [0.2, 0.25) is 5.02 Å². The molecule has 24 heavy (non-hydrogen) atoms. The molecule has 1 saturated heterocycles. The van der Waals surface area contributed by atoms with Crippen molar-refractivity contribution in [2.24, 2.45) is 0 Å². The van der Waals surface area contributed by atoms with Gasteiger partial charge < -0.3 is 4.90 Å². The summed E-state index contributed by atoms with van der Waals surface area (Å²) in [5.74, 6) is 1.71. The molecule has 0 atom stereocenters. The normalized spacial score (nSPS) is 14.8. The summed E-state index contributed by atoms with van der Waals surface area (Å²) in [6, 6.07) is 11.7. The van der Waals surface area contributed by atoms with Crippen LogP contribution >= 0.6 is 11.6 Å². The number of pyridine rings is 1. The van der Waals surface area contributed by atoms with Gasteiger partial charge in [-0.25, -0.2) is 15.0 Å². The maximum absolute atomic E-state index is 5.99. The number of anilines is 1. The summed E-state index contributed by atoms with van der Waals surface area (Å²) in [6.45, 7) is 2.19. The van der Waals surface area contributed by atoms with Gasteiger partial charge in [0, 0.05) is 29.7 Å². The first-order chi connectivity index (χ1) is 11.8. The van der Waals surface area contributed by atoms with Gasteiger partial charge in [0.25, 0.3) is 0 Å². The van der Waals surface area contributed by atoms with Gasteiger partial charge in [-0.3, -0.25) is 0 Å². The third-order valence-corrected chi connectivity index (χ3v) is 4.38. The monoisotopic (exact) mass is 336 g/mol. The lowest BCUT2D eigenvalue weighted by molar-refractivity contribution is 0.936. The first kappa shape index (κ1) is 15.1. The maximum atomic E-state index is 5.99. The van der Waals surface area contributed by atoms with Gasteiger partial charge >= 0.3 is 0 Å². The highest BCUT2D eigenvalue weighted by atomic mass is 35.5. The van der Waals surface area contributed by atoms with Gasteiger partial charge in [-0.1, -0.05) is 17.7 Å². The summed E-state index contributed by atoms with van der Waals surface area (Å²) in [6.07, 6.45) is 8.14. The minimum Gasteiger partial charge on any atom is -0.357 e. The zero-order valence-electron chi connectivity index (χ0n) is 13.2. The molecule has 3 aromatic rings. The highest BCUT2D eigenvalue weighted by Gasteiger charge is 2.13. The van der Waals surface area contributed by atoms with Gasteiger partial charge in [0.05, 0.1) is 11.2 Å². The summed E-state index contributed by atoms with van der Waals surface area (Å²) in [5.41, 5.74) is 1.80. The molecule has 120 valence electrons. The van der Waals surface area contributed by atoms with E-state index in [1.165, 1.54) is 12.8 Å².